The highest BCUT2D eigenvalue weighted by atomic mass is 16.4. The first-order valence-electron chi connectivity index (χ1n) is 5.45. The number of aromatic carboxylic acids is 1. The summed E-state index contributed by atoms with van der Waals surface area (Å²) in [6, 6.07) is 5.39. The number of hydrogen-bond acceptors (Lipinski definition) is 2. The van der Waals surface area contributed by atoms with Crippen LogP contribution in [0.3, 0.4) is 0 Å². The maximum Gasteiger partial charge on any atom is 0.352 e. The van der Waals surface area contributed by atoms with Crippen LogP contribution in [0.15, 0.2) is 18.2 Å². The summed E-state index contributed by atoms with van der Waals surface area (Å²) >= 11 is 0. The van der Waals surface area contributed by atoms with Gasteiger partial charge in [-0.2, -0.15) is 0 Å². The van der Waals surface area contributed by atoms with Crippen LogP contribution < -0.4 is 5.73 Å². The van der Waals surface area contributed by atoms with Crippen LogP contribution in [-0.4, -0.2) is 16.1 Å². The molecule has 0 aliphatic carbocycles. The molecule has 0 aliphatic heterocycles. The van der Waals surface area contributed by atoms with Gasteiger partial charge in [-0.1, -0.05) is 20.8 Å². The lowest BCUT2D eigenvalue weighted by molar-refractivity contribution is 0.0689. The van der Waals surface area contributed by atoms with E-state index in [1.54, 1.807) is 6.07 Å². The summed E-state index contributed by atoms with van der Waals surface area (Å²) in [5, 5.41) is 10.1. The smallest absolute Gasteiger partial charge is 0.352 e. The normalized spacial score (nSPS) is 11.9. The van der Waals surface area contributed by atoms with Gasteiger partial charge < -0.3 is 15.8 Å². The van der Waals surface area contributed by atoms with Crippen molar-refractivity contribution in [2.45, 2.75) is 26.2 Å². The summed E-state index contributed by atoms with van der Waals surface area (Å²) in [4.78, 5) is 14.2. The van der Waals surface area contributed by atoms with Gasteiger partial charge in [0.2, 0.25) is 0 Å². The minimum atomic E-state index is -0.940. The van der Waals surface area contributed by atoms with Gasteiger partial charge in [0.15, 0.2) is 0 Å². The van der Waals surface area contributed by atoms with E-state index in [2.05, 4.69) is 4.98 Å². The number of nitrogens with one attached hydrogen (secondary N) is 1. The van der Waals surface area contributed by atoms with Crippen molar-refractivity contribution in [3.8, 4) is 0 Å². The van der Waals surface area contributed by atoms with E-state index >= 15 is 0 Å². The lowest BCUT2D eigenvalue weighted by atomic mass is 9.84. The topological polar surface area (TPSA) is 79.1 Å². The first-order valence-corrected chi connectivity index (χ1v) is 5.45. The molecule has 1 heterocycles. The zero-order valence-electron chi connectivity index (χ0n) is 10.2. The number of carboxylic acid groups (broad SMARTS) is 1. The monoisotopic (exact) mass is 232 g/mol. The number of nitrogens with two attached hydrogens (primary N) is 1. The first-order chi connectivity index (χ1) is 7.80. The zero-order chi connectivity index (χ0) is 12.8. The van der Waals surface area contributed by atoms with Crippen LogP contribution in [0, 0.1) is 0 Å². The summed E-state index contributed by atoms with van der Waals surface area (Å²) in [5.74, 6) is -0.940. The minimum Gasteiger partial charge on any atom is -0.477 e. The van der Waals surface area contributed by atoms with Gasteiger partial charge in [-0.25, -0.2) is 4.79 Å². The Morgan fingerprint density at radius 2 is 2.00 bits per heavy atom. The fourth-order valence-corrected chi connectivity index (χ4v) is 2.15. The Kier molecular flexibility index (Phi) is 2.38. The first kappa shape index (κ1) is 11.5. The van der Waals surface area contributed by atoms with Crippen molar-refractivity contribution in [3.63, 3.8) is 0 Å². The van der Waals surface area contributed by atoms with E-state index in [1.165, 1.54) is 0 Å². The van der Waals surface area contributed by atoms with Crippen molar-refractivity contribution in [1.82, 2.24) is 4.98 Å². The summed E-state index contributed by atoms with van der Waals surface area (Å²) in [5.41, 5.74) is 8.00. The van der Waals surface area contributed by atoms with Crippen molar-refractivity contribution in [1.29, 1.82) is 0 Å². The van der Waals surface area contributed by atoms with Crippen molar-refractivity contribution in [2.24, 2.45) is 0 Å². The molecule has 0 atom stereocenters. The van der Waals surface area contributed by atoms with Crippen LogP contribution in [-0.2, 0) is 5.41 Å². The Balaban J connectivity index is 2.87. The molecular formula is C13H16N2O2. The average molecular weight is 232 g/mol. The van der Waals surface area contributed by atoms with Crippen LogP contribution in [0.4, 0.5) is 5.69 Å². The van der Waals surface area contributed by atoms with E-state index in [-0.39, 0.29) is 11.1 Å². The molecule has 0 saturated heterocycles. The van der Waals surface area contributed by atoms with Gasteiger partial charge in [-0.3, -0.25) is 0 Å². The molecule has 0 unspecified atom stereocenters. The Morgan fingerprint density at radius 3 is 2.53 bits per heavy atom. The molecule has 0 amide bonds. The molecule has 2 aromatic rings. The fraction of sp³-hybridized carbons (Fsp3) is 0.308. The summed E-state index contributed by atoms with van der Waals surface area (Å²) in [6.45, 7) is 5.97. The van der Waals surface area contributed by atoms with Crippen molar-refractivity contribution in [2.75, 3.05) is 5.73 Å². The maximum atomic E-state index is 11.3. The molecule has 4 nitrogen and oxygen atoms in total. The number of benzene rings is 1. The number of rotatable bonds is 1. The van der Waals surface area contributed by atoms with Gasteiger partial charge in [-0.05, 0) is 29.2 Å². The molecule has 0 aliphatic rings. The van der Waals surface area contributed by atoms with Gasteiger partial charge in [0.1, 0.15) is 5.69 Å². The number of carboxylic acids is 1. The molecule has 0 saturated carbocycles. The Bertz CT molecular complexity index is 591. The van der Waals surface area contributed by atoms with E-state index in [0.29, 0.717) is 5.69 Å². The molecule has 4 N–H and O–H groups in total. The van der Waals surface area contributed by atoms with Crippen LogP contribution in [0.2, 0.25) is 0 Å². The third kappa shape index (κ3) is 1.86. The lowest BCUT2D eigenvalue weighted by Gasteiger charge is -2.19. The highest BCUT2D eigenvalue weighted by molar-refractivity contribution is 5.99. The zero-order valence-corrected chi connectivity index (χ0v) is 10.2. The largest absolute Gasteiger partial charge is 0.477 e. The molecule has 2 rings (SSSR count). The van der Waals surface area contributed by atoms with Gasteiger partial charge in [0.05, 0.1) is 0 Å². The number of H-pyrrole nitrogens is 1. The number of hydrogen-bond donors (Lipinski definition) is 3. The van der Waals surface area contributed by atoms with Crippen molar-refractivity contribution < 1.29 is 9.90 Å². The quantitative estimate of drug-likeness (QED) is 0.661. The number of carbonyl (C=O) groups is 1. The van der Waals surface area contributed by atoms with Gasteiger partial charge in [0.25, 0.3) is 0 Å². The summed E-state index contributed by atoms with van der Waals surface area (Å²) in [6.07, 6.45) is 0. The van der Waals surface area contributed by atoms with E-state index in [4.69, 9.17) is 5.73 Å². The van der Waals surface area contributed by atoms with Crippen LogP contribution in [0.1, 0.15) is 36.8 Å². The Morgan fingerprint density at radius 1 is 1.35 bits per heavy atom. The van der Waals surface area contributed by atoms with Crippen LogP contribution >= 0.6 is 0 Å². The second-order valence-corrected chi connectivity index (χ2v) is 5.24. The molecule has 0 spiro atoms. The van der Waals surface area contributed by atoms with Gasteiger partial charge in [-0.15, -0.1) is 0 Å². The maximum absolute atomic E-state index is 11.3. The van der Waals surface area contributed by atoms with Crippen LogP contribution in [0.25, 0.3) is 10.9 Å². The molecule has 90 valence electrons. The Hall–Kier alpha value is -1.97. The fourth-order valence-electron chi connectivity index (χ4n) is 2.15. The molecular weight excluding hydrogens is 216 g/mol. The van der Waals surface area contributed by atoms with Crippen molar-refractivity contribution >= 4 is 22.6 Å². The molecule has 0 bridgehead atoms. The summed E-state index contributed by atoms with van der Waals surface area (Å²) < 4.78 is 0. The Labute approximate surface area is 99.4 Å². The lowest BCUT2D eigenvalue weighted by Crippen LogP contribution is -2.15. The second-order valence-electron chi connectivity index (χ2n) is 5.24. The number of anilines is 1. The third-order valence-corrected chi connectivity index (χ3v) is 2.79. The predicted octanol–water partition coefficient (Wildman–Crippen LogP) is 2.75. The van der Waals surface area contributed by atoms with Gasteiger partial charge in [0, 0.05) is 16.6 Å². The SMILES string of the molecule is CC(C)(C)c1c(C(=O)O)[nH]c2ccc(N)cc12. The molecule has 1 aromatic heterocycles. The van der Waals surface area contributed by atoms with Crippen molar-refractivity contribution in [3.05, 3.63) is 29.5 Å². The highest BCUT2D eigenvalue weighted by Gasteiger charge is 2.26. The predicted molar refractivity (Wildman–Crippen MR) is 68.4 cm³/mol. The van der Waals surface area contributed by atoms with Crippen LogP contribution in [0.5, 0.6) is 0 Å². The second kappa shape index (κ2) is 3.52. The van der Waals surface area contributed by atoms with Gasteiger partial charge >= 0.3 is 5.97 Å². The molecule has 1 aromatic carbocycles. The molecule has 17 heavy (non-hydrogen) atoms. The third-order valence-electron chi connectivity index (χ3n) is 2.79. The van der Waals surface area contributed by atoms with E-state index in [1.807, 2.05) is 32.9 Å². The molecule has 0 fully saturated rings. The summed E-state index contributed by atoms with van der Waals surface area (Å²) in [7, 11) is 0. The standard InChI is InChI=1S/C13H16N2O2/c1-13(2,3)10-8-6-7(14)4-5-9(8)15-11(10)12(16)17/h4-6,15H,14H2,1-3H3,(H,16,17). The highest BCUT2D eigenvalue weighted by Crippen LogP contribution is 2.34. The number of fused-ring (bicyclic) bond motifs is 1. The molecule has 4 heteroatoms. The average Bonchev–Trinajstić information content (AvgIpc) is 2.55. The number of nitrogen functional groups attached to an aromatic ring is 1. The molecule has 0 radical (unpaired) electrons. The number of aromatic amines is 1. The number of aromatic nitrogens is 1. The van der Waals surface area contributed by atoms with E-state index < -0.39 is 5.97 Å². The minimum absolute atomic E-state index is 0.248. The van der Waals surface area contributed by atoms with E-state index in [9.17, 15) is 9.90 Å². The van der Waals surface area contributed by atoms with E-state index in [0.717, 1.165) is 16.5 Å².